The molecule has 100 valence electrons. The second-order valence-corrected chi connectivity index (χ2v) is 4.08. The maximum atomic E-state index is 13.4. The van der Waals surface area contributed by atoms with Gasteiger partial charge in [0, 0.05) is 13.0 Å². The van der Waals surface area contributed by atoms with Crippen molar-refractivity contribution in [2.24, 2.45) is 0 Å². The summed E-state index contributed by atoms with van der Waals surface area (Å²) in [6.45, 7) is 0.259. The molecule has 0 saturated heterocycles. The maximum absolute atomic E-state index is 13.4. The summed E-state index contributed by atoms with van der Waals surface area (Å²) < 4.78 is 31.3. The second kappa shape index (κ2) is 7.28. The van der Waals surface area contributed by atoms with Crippen LogP contribution in [0.25, 0.3) is 0 Å². The fourth-order valence-electron chi connectivity index (χ4n) is 1.47. The Balaban J connectivity index is 2.77. The van der Waals surface area contributed by atoms with E-state index in [-0.39, 0.29) is 18.2 Å². The molecule has 0 spiro atoms. The van der Waals surface area contributed by atoms with E-state index < -0.39 is 17.5 Å². The van der Waals surface area contributed by atoms with Gasteiger partial charge in [-0.05, 0) is 18.6 Å². The van der Waals surface area contributed by atoms with Crippen LogP contribution < -0.4 is 5.32 Å². The Labute approximate surface area is 109 Å². The Hall–Kier alpha value is -1.20. The van der Waals surface area contributed by atoms with Gasteiger partial charge in [0.2, 0.25) is 0 Å². The molecule has 1 unspecified atom stereocenters. The smallest absolute Gasteiger partial charge is 0.254 e. The van der Waals surface area contributed by atoms with Gasteiger partial charge in [0.1, 0.15) is 0 Å². The summed E-state index contributed by atoms with van der Waals surface area (Å²) in [5, 5.41) is 2.55. The van der Waals surface area contributed by atoms with E-state index in [1.807, 2.05) is 0 Å². The minimum absolute atomic E-state index is 0.259. The van der Waals surface area contributed by atoms with Crippen LogP contribution in [0.1, 0.15) is 16.8 Å². The number of carbonyl (C=O) groups is 1. The van der Waals surface area contributed by atoms with Crippen molar-refractivity contribution >= 4 is 17.5 Å². The number of amides is 1. The molecule has 0 saturated carbocycles. The molecule has 0 radical (unpaired) electrons. The van der Waals surface area contributed by atoms with Crippen molar-refractivity contribution in [2.75, 3.05) is 19.6 Å². The lowest BCUT2D eigenvalue weighted by Crippen LogP contribution is -2.38. The van der Waals surface area contributed by atoms with E-state index in [0.717, 1.165) is 6.07 Å². The number of ether oxygens (including phenoxy) is 1. The maximum Gasteiger partial charge on any atom is 0.254 e. The predicted molar refractivity (Wildman–Crippen MR) is 64.8 cm³/mol. The van der Waals surface area contributed by atoms with Gasteiger partial charge in [0.05, 0.1) is 18.2 Å². The third-order valence-electron chi connectivity index (χ3n) is 2.36. The Kier molecular flexibility index (Phi) is 6.01. The Morgan fingerprint density at radius 1 is 1.50 bits per heavy atom. The van der Waals surface area contributed by atoms with E-state index in [4.69, 9.17) is 16.3 Å². The predicted octanol–water partition coefficient (Wildman–Crippen LogP) is 2.34. The summed E-state index contributed by atoms with van der Waals surface area (Å²) in [5.74, 6) is -2.56. The molecule has 6 heteroatoms. The van der Waals surface area contributed by atoms with Crippen molar-refractivity contribution in [3.8, 4) is 0 Å². The molecule has 0 aliphatic carbocycles. The summed E-state index contributed by atoms with van der Waals surface area (Å²) in [6.07, 6.45) is 0.484. The number of nitrogens with one attached hydrogen (secondary N) is 1. The van der Waals surface area contributed by atoms with Gasteiger partial charge >= 0.3 is 0 Å². The van der Waals surface area contributed by atoms with Crippen LogP contribution >= 0.6 is 11.6 Å². The van der Waals surface area contributed by atoms with Gasteiger partial charge in [0.25, 0.3) is 5.91 Å². The summed E-state index contributed by atoms with van der Waals surface area (Å²) in [4.78, 5) is 11.8. The summed E-state index contributed by atoms with van der Waals surface area (Å²) >= 11 is 5.58. The topological polar surface area (TPSA) is 38.3 Å². The molecule has 1 atom stereocenters. The SMILES string of the molecule is COCC(CCCl)NC(=O)c1cccc(F)c1F. The van der Waals surface area contributed by atoms with E-state index in [0.29, 0.717) is 12.3 Å². The van der Waals surface area contributed by atoms with Crippen LogP contribution in [-0.2, 0) is 4.74 Å². The molecule has 18 heavy (non-hydrogen) atoms. The first-order valence-electron chi connectivity index (χ1n) is 5.40. The number of methoxy groups -OCH3 is 1. The molecular formula is C12H14ClF2NO2. The first-order valence-corrected chi connectivity index (χ1v) is 5.93. The van der Waals surface area contributed by atoms with Crippen LogP contribution in [0.3, 0.4) is 0 Å². The second-order valence-electron chi connectivity index (χ2n) is 3.70. The van der Waals surface area contributed by atoms with E-state index in [9.17, 15) is 13.6 Å². The summed E-state index contributed by atoms with van der Waals surface area (Å²) in [6, 6.07) is 3.12. The standard InChI is InChI=1S/C12H14ClF2NO2/c1-18-7-8(5-6-13)16-12(17)9-3-2-4-10(14)11(9)15/h2-4,8H,5-7H2,1H3,(H,16,17). The zero-order valence-electron chi connectivity index (χ0n) is 9.88. The van der Waals surface area contributed by atoms with Crippen LogP contribution in [0.5, 0.6) is 0 Å². The normalized spacial score (nSPS) is 12.2. The largest absolute Gasteiger partial charge is 0.383 e. The third-order valence-corrected chi connectivity index (χ3v) is 2.58. The quantitative estimate of drug-likeness (QED) is 0.811. The minimum Gasteiger partial charge on any atom is -0.383 e. The van der Waals surface area contributed by atoms with Crippen molar-refractivity contribution in [1.82, 2.24) is 5.32 Å². The average molecular weight is 278 g/mol. The van der Waals surface area contributed by atoms with Gasteiger partial charge < -0.3 is 10.1 Å². The van der Waals surface area contributed by atoms with Gasteiger partial charge in [-0.1, -0.05) is 6.07 Å². The van der Waals surface area contributed by atoms with Crippen LogP contribution in [0.2, 0.25) is 0 Å². The summed E-state index contributed by atoms with van der Waals surface area (Å²) in [7, 11) is 1.48. The van der Waals surface area contributed by atoms with Crippen molar-refractivity contribution in [1.29, 1.82) is 0 Å². The molecule has 0 aromatic heterocycles. The molecule has 0 bridgehead atoms. The first-order chi connectivity index (χ1) is 8.60. The molecule has 1 rings (SSSR count). The van der Waals surface area contributed by atoms with Crippen LogP contribution in [0, 0.1) is 11.6 Å². The molecular weight excluding hydrogens is 264 g/mol. The number of benzene rings is 1. The lowest BCUT2D eigenvalue weighted by molar-refractivity contribution is 0.0890. The Morgan fingerprint density at radius 2 is 2.22 bits per heavy atom. The van der Waals surface area contributed by atoms with E-state index >= 15 is 0 Å². The Bertz CT molecular complexity index is 409. The molecule has 1 aromatic carbocycles. The third kappa shape index (κ3) is 3.92. The van der Waals surface area contributed by atoms with Crippen molar-refractivity contribution in [3.05, 3.63) is 35.4 Å². The highest BCUT2D eigenvalue weighted by atomic mass is 35.5. The number of halogens is 3. The van der Waals surface area contributed by atoms with E-state index in [2.05, 4.69) is 5.32 Å². The molecule has 0 aliphatic rings. The highest BCUT2D eigenvalue weighted by Gasteiger charge is 2.18. The van der Waals surface area contributed by atoms with Crippen LogP contribution in [0.15, 0.2) is 18.2 Å². The fourth-order valence-corrected chi connectivity index (χ4v) is 1.74. The average Bonchev–Trinajstić information content (AvgIpc) is 2.33. The number of rotatable bonds is 6. The number of alkyl halides is 1. The molecule has 0 fully saturated rings. The molecule has 1 aromatic rings. The number of hydrogen-bond acceptors (Lipinski definition) is 2. The lowest BCUT2D eigenvalue weighted by Gasteiger charge is -2.16. The lowest BCUT2D eigenvalue weighted by atomic mass is 10.1. The monoisotopic (exact) mass is 277 g/mol. The molecule has 0 heterocycles. The van der Waals surface area contributed by atoms with Gasteiger partial charge in [-0.2, -0.15) is 0 Å². The fraction of sp³-hybridized carbons (Fsp3) is 0.417. The van der Waals surface area contributed by atoms with Gasteiger partial charge in [-0.15, -0.1) is 11.6 Å². The highest BCUT2D eigenvalue weighted by molar-refractivity contribution is 6.17. The van der Waals surface area contributed by atoms with Gasteiger partial charge in [-0.25, -0.2) is 8.78 Å². The van der Waals surface area contributed by atoms with Gasteiger partial charge in [-0.3, -0.25) is 4.79 Å². The van der Waals surface area contributed by atoms with E-state index in [1.165, 1.54) is 19.2 Å². The van der Waals surface area contributed by atoms with Gasteiger partial charge in [0.15, 0.2) is 11.6 Å². The van der Waals surface area contributed by atoms with E-state index in [1.54, 1.807) is 0 Å². The molecule has 0 aliphatic heterocycles. The first kappa shape index (κ1) is 14.9. The highest BCUT2D eigenvalue weighted by Crippen LogP contribution is 2.11. The molecule has 3 nitrogen and oxygen atoms in total. The van der Waals surface area contributed by atoms with Crippen molar-refractivity contribution in [3.63, 3.8) is 0 Å². The molecule has 1 amide bonds. The number of hydrogen-bond donors (Lipinski definition) is 1. The zero-order valence-corrected chi connectivity index (χ0v) is 10.6. The van der Waals surface area contributed by atoms with Crippen LogP contribution in [-0.4, -0.2) is 31.5 Å². The summed E-state index contributed by atoms with van der Waals surface area (Å²) in [5.41, 5.74) is -0.328. The minimum atomic E-state index is -1.16. The zero-order chi connectivity index (χ0) is 13.5. The van der Waals surface area contributed by atoms with Crippen LogP contribution in [0.4, 0.5) is 8.78 Å². The Morgan fingerprint density at radius 3 is 2.83 bits per heavy atom. The van der Waals surface area contributed by atoms with Crippen molar-refractivity contribution < 1.29 is 18.3 Å². The number of carbonyl (C=O) groups excluding carboxylic acids is 1. The molecule has 1 N–H and O–H groups in total. The van der Waals surface area contributed by atoms with Crippen molar-refractivity contribution in [2.45, 2.75) is 12.5 Å².